The summed E-state index contributed by atoms with van der Waals surface area (Å²) in [5.41, 5.74) is 5.24. The second-order valence-electron chi connectivity index (χ2n) is 8.91. The maximum absolute atomic E-state index is 12.5. The van der Waals surface area contributed by atoms with Crippen molar-refractivity contribution in [3.05, 3.63) is 88.2 Å². The molecule has 2 heterocycles. The summed E-state index contributed by atoms with van der Waals surface area (Å²) in [6.45, 7) is 6.08. The second-order valence-corrected chi connectivity index (χ2v) is 9.31. The highest BCUT2D eigenvalue weighted by molar-refractivity contribution is 6.31. The highest BCUT2D eigenvalue weighted by atomic mass is 35.5. The van der Waals surface area contributed by atoms with E-state index in [1.54, 1.807) is 11.0 Å². The lowest BCUT2D eigenvalue weighted by atomic mass is 10.0. The van der Waals surface area contributed by atoms with Crippen LogP contribution in [0.3, 0.4) is 0 Å². The third-order valence-corrected chi connectivity index (χ3v) is 6.59. The molecule has 0 bridgehead atoms. The molecule has 2 N–H and O–H groups in total. The highest BCUT2D eigenvalue weighted by Gasteiger charge is 2.35. The van der Waals surface area contributed by atoms with Gasteiger partial charge in [0.2, 0.25) is 11.8 Å². The number of amides is 2. The highest BCUT2D eigenvalue weighted by Crippen LogP contribution is 2.24. The van der Waals surface area contributed by atoms with Crippen LogP contribution >= 0.6 is 11.6 Å². The summed E-state index contributed by atoms with van der Waals surface area (Å²) >= 11 is 6.16. The monoisotopic (exact) mass is 477 g/mol. The number of Topliss-reactive ketones (excluding diaryl/α,β-unsaturated/α-hetero) is 1. The molecule has 2 aliphatic rings. The minimum Gasteiger partial charge on any atom is -0.357 e. The normalized spacial score (nSPS) is 18.1. The van der Waals surface area contributed by atoms with E-state index in [-0.39, 0.29) is 17.6 Å². The number of carbonyl (C=O) groups is 3. The van der Waals surface area contributed by atoms with E-state index in [0.29, 0.717) is 49.4 Å². The van der Waals surface area contributed by atoms with Crippen molar-refractivity contribution in [3.8, 4) is 0 Å². The number of allylic oxidation sites excluding steroid dienone is 1. The number of hydrogen-bond acceptors (Lipinski definition) is 4. The number of hydrogen-bond donors (Lipinski definition) is 2. The van der Waals surface area contributed by atoms with E-state index in [1.165, 1.54) is 0 Å². The summed E-state index contributed by atoms with van der Waals surface area (Å²) in [5, 5.41) is 6.71. The molecular formula is C27H28ClN3O3. The Bertz CT molecular complexity index is 1190. The van der Waals surface area contributed by atoms with Crippen LogP contribution in [0.25, 0.3) is 0 Å². The predicted molar refractivity (Wildman–Crippen MR) is 133 cm³/mol. The van der Waals surface area contributed by atoms with Gasteiger partial charge in [0.05, 0.1) is 6.54 Å². The molecule has 0 spiro atoms. The Kier molecular flexibility index (Phi) is 7.17. The van der Waals surface area contributed by atoms with Gasteiger partial charge in [-0.2, -0.15) is 0 Å². The van der Waals surface area contributed by atoms with E-state index in [1.807, 2.05) is 49.4 Å². The van der Waals surface area contributed by atoms with Crippen molar-refractivity contribution in [3.63, 3.8) is 0 Å². The van der Waals surface area contributed by atoms with Crippen molar-refractivity contribution >= 4 is 34.9 Å². The first-order valence-electron chi connectivity index (χ1n) is 11.4. The molecule has 176 valence electrons. The van der Waals surface area contributed by atoms with E-state index < -0.39 is 6.04 Å². The molecule has 7 heteroatoms. The van der Waals surface area contributed by atoms with Crippen LogP contribution in [0.2, 0.25) is 5.02 Å². The van der Waals surface area contributed by atoms with Gasteiger partial charge in [0.1, 0.15) is 11.8 Å². The van der Waals surface area contributed by atoms with Gasteiger partial charge in [0, 0.05) is 41.0 Å². The van der Waals surface area contributed by atoms with Crippen molar-refractivity contribution in [2.45, 2.75) is 45.1 Å². The van der Waals surface area contributed by atoms with Gasteiger partial charge in [-0.3, -0.25) is 14.4 Å². The first-order chi connectivity index (χ1) is 16.3. The van der Waals surface area contributed by atoms with E-state index in [2.05, 4.69) is 17.2 Å². The fraction of sp³-hybridized carbons (Fsp3) is 0.296. The molecule has 0 aromatic heterocycles. The minimum absolute atomic E-state index is 0.159. The molecule has 1 fully saturated rings. The number of nitrogens with zero attached hydrogens (tertiary/aromatic N) is 1. The number of anilines is 1. The van der Waals surface area contributed by atoms with Crippen LogP contribution in [0.4, 0.5) is 5.69 Å². The van der Waals surface area contributed by atoms with Gasteiger partial charge in [-0.1, -0.05) is 42.4 Å². The lowest BCUT2D eigenvalue weighted by molar-refractivity contribution is -0.136. The first-order valence-corrected chi connectivity index (χ1v) is 11.8. The number of aryl methyl sites for hydroxylation is 2. The fourth-order valence-electron chi connectivity index (χ4n) is 4.27. The van der Waals surface area contributed by atoms with E-state index in [9.17, 15) is 14.4 Å². The van der Waals surface area contributed by atoms with Crippen LogP contribution in [-0.4, -0.2) is 35.1 Å². The third-order valence-electron chi connectivity index (χ3n) is 6.18. The topological polar surface area (TPSA) is 78.5 Å². The zero-order chi connectivity index (χ0) is 24.2. The number of rotatable bonds is 8. The Morgan fingerprint density at radius 1 is 1.21 bits per heavy atom. The molecule has 4 rings (SSSR count). The summed E-state index contributed by atoms with van der Waals surface area (Å²) in [6.07, 6.45) is 4.22. The van der Waals surface area contributed by atoms with Gasteiger partial charge in [0.25, 0.3) is 0 Å². The summed E-state index contributed by atoms with van der Waals surface area (Å²) in [5.74, 6) is -0.196. The van der Waals surface area contributed by atoms with Gasteiger partial charge >= 0.3 is 0 Å². The smallest absolute Gasteiger partial charge is 0.249 e. The van der Waals surface area contributed by atoms with Crippen LogP contribution in [0.1, 0.15) is 36.0 Å². The number of ketones is 1. The zero-order valence-corrected chi connectivity index (χ0v) is 20.0. The van der Waals surface area contributed by atoms with Crippen molar-refractivity contribution < 1.29 is 14.4 Å². The standard InChI is InChI=1S/C27H28ClN3O3/c1-17-6-8-20(14-24(17)28)13-23(32)10-9-19-4-3-5-21(12-19)30-22-15-26(33)31(16-22)25-11-7-18(2)29-27(25)34/h3-6,8,12,14-15,25,30H,2,7,9-11,13,16H2,1H3,(H,29,34). The third kappa shape index (κ3) is 5.75. The van der Waals surface area contributed by atoms with Crippen LogP contribution in [0.15, 0.2) is 66.5 Å². The molecule has 0 radical (unpaired) electrons. The molecule has 1 unspecified atom stereocenters. The van der Waals surface area contributed by atoms with Crippen LogP contribution < -0.4 is 10.6 Å². The predicted octanol–water partition coefficient (Wildman–Crippen LogP) is 4.32. The lowest BCUT2D eigenvalue weighted by Crippen LogP contribution is -2.50. The molecule has 6 nitrogen and oxygen atoms in total. The Morgan fingerprint density at radius 3 is 2.79 bits per heavy atom. The maximum atomic E-state index is 12.5. The zero-order valence-electron chi connectivity index (χ0n) is 19.2. The number of benzene rings is 2. The van der Waals surface area contributed by atoms with Crippen molar-refractivity contribution in [1.29, 1.82) is 0 Å². The summed E-state index contributed by atoms with van der Waals surface area (Å²) < 4.78 is 0. The molecule has 34 heavy (non-hydrogen) atoms. The van der Waals surface area contributed by atoms with Gasteiger partial charge in [-0.15, -0.1) is 0 Å². The summed E-state index contributed by atoms with van der Waals surface area (Å²) in [6, 6.07) is 13.1. The fourth-order valence-corrected chi connectivity index (χ4v) is 4.48. The number of nitrogens with one attached hydrogen (secondary N) is 2. The molecule has 0 aliphatic carbocycles. The van der Waals surface area contributed by atoms with Crippen LogP contribution in [0, 0.1) is 6.92 Å². The maximum Gasteiger partial charge on any atom is 0.249 e. The largest absolute Gasteiger partial charge is 0.357 e. The quantitative estimate of drug-likeness (QED) is 0.593. The molecule has 2 amide bonds. The average Bonchev–Trinajstić information content (AvgIpc) is 3.14. The molecule has 2 aromatic rings. The SMILES string of the molecule is C=C1CCC(N2CC(Nc3cccc(CCC(=O)Cc4ccc(C)c(Cl)c4)c3)=CC2=O)C(=O)N1. The minimum atomic E-state index is -0.477. The van der Waals surface area contributed by atoms with Crippen LogP contribution in [-0.2, 0) is 27.2 Å². The second kappa shape index (κ2) is 10.3. The van der Waals surface area contributed by atoms with Crippen LogP contribution in [0.5, 0.6) is 0 Å². The van der Waals surface area contributed by atoms with E-state index in [0.717, 1.165) is 28.1 Å². The molecule has 1 atom stereocenters. The van der Waals surface area contributed by atoms with Crippen molar-refractivity contribution in [2.24, 2.45) is 0 Å². The van der Waals surface area contributed by atoms with Crippen molar-refractivity contribution in [2.75, 3.05) is 11.9 Å². The Hall–Kier alpha value is -3.38. The van der Waals surface area contributed by atoms with Gasteiger partial charge in [-0.05, 0) is 61.1 Å². The average molecular weight is 478 g/mol. The Labute approximate surface area is 204 Å². The van der Waals surface area contributed by atoms with E-state index in [4.69, 9.17) is 11.6 Å². The van der Waals surface area contributed by atoms with Gasteiger partial charge in [-0.25, -0.2) is 0 Å². The van der Waals surface area contributed by atoms with E-state index >= 15 is 0 Å². The number of halogens is 1. The first kappa shape index (κ1) is 23.8. The van der Waals surface area contributed by atoms with Gasteiger partial charge < -0.3 is 15.5 Å². The number of carbonyl (C=O) groups excluding carboxylic acids is 3. The molecule has 2 aliphatic heterocycles. The molecule has 1 saturated heterocycles. The Balaban J connectivity index is 1.31. The molecule has 0 saturated carbocycles. The number of piperidine rings is 1. The summed E-state index contributed by atoms with van der Waals surface area (Å²) in [4.78, 5) is 38.8. The summed E-state index contributed by atoms with van der Waals surface area (Å²) in [7, 11) is 0. The lowest BCUT2D eigenvalue weighted by Gasteiger charge is -2.31. The Morgan fingerprint density at radius 2 is 2.03 bits per heavy atom. The molecular weight excluding hydrogens is 450 g/mol. The molecule has 2 aromatic carbocycles. The van der Waals surface area contributed by atoms with Crippen molar-refractivity contribution in [1.82, 2.24) is 10.2 Å². The van der Waals surface area contributed by atoms with Gasteiger partial charge in [0.15, 0.2) is 0 Å².